The minimum atomic E-state index is -0.112. The largest absolute Gasteiger partial charge is 0.322 e. The molecule has 4 nitrogen and oxygen atoms in total. The van der Waals surface area contributed by atoms with Crippen LogP contribution in [0, 0.1) is 5.92 Å². The summed E-state index contributed by atoms with van der Waals surface area (Å²) in [6, 6.07) is 28.2. The lowest BCUT2D eigenvalue weighted by Crippen LogP contribution is -2.39. The third-order valence-electron chi connectivity index (χ3n) is 6.60. The average Bonchev–Trinajstić information content (AvgIpc) is 2.87. The van der Waals surface area contributed by atoms with Gasteiger partial charge in [0.2, 0.25) is 0 Å². The van der Waals surface area contributed by atoms with Gasteiger partial charge in [-0.2, -0.15) is 0 Å². The number of carbonyl (C=O) groups is 1. The van der Waals surface area contributed by atoms with E-state index in [1.54, 1.807) is 6.07 Å². The van der Waals surface area contributed by atoms with E-state index in [2.05, 4.69) is 52.7 Å². The average molecular weight is 476 g/mol. The Morgan fingerprint density at radius 1 is 0.882 bits per heavy atom. The van der Waals surface area contributed by atoms with E-state index in [1.807, 2.05) is 41.3 Å². The van der Waals surface area contributed by atoms with Crippen molar-refractivity contribution in [2.75, 3.05) is 31.5 Å². The summed E-state index contributed by atoms with van der Waals surface area (Å²) in [5, 5.41) is 3.54. The third-order valence-corrected chi connectivity index (χ3v) is 6.93. The van der Waals surface area contributed by atoms with Crippen molar-refractivity contribution >= 4 is 23.3 Å². The summed E-state index contributed by atoms with van der Waals surface area (Å²) in [7, 11) is 0. The number of piperidine rings is 1. The van der Waals surface area contributed by atoms with Crippen molar-refractivity contribution in [3.05, 3.63) is 101 Å². The van der Waals surface area contributed by atoms with Crippen LogP contribution in [0.2, 0.25) is 5.02 Å². The van der Waals surface area contributed by atoms with Gasteiger partial charge >= 0.3 is 6.03 Å². The van der Waals surface area contributed by atoms with Crippen LogP contribution in [0.1, 0.15) is 30.4 Å². The van der Waals surface area contributed by atoms with Gasteiger partial charge in [0, 0.05) is 13.1 Å². The maximum Gasteiger partial charge on any atom is 0.322 e. The van der Waals surface area contributed by atoms with E-state index >= 15 is 0 Å². The number of para-hydroxylation sites is 1. The number of likely N-dealkylation sites (tertiary alicyclic amines) is 1. The lowest BCUT2D eigenvalue weighted by atomic mass is 9.90. The molecule has 0 unspecified atom stereocenters. The van der Waals surface area contributed by atoms with Crippen molar-refractivity contribution in [1.82, 2.24) is 9.80 Å². The SMILES string of the molecule is O=C(Nc1ccccc1Cl)N(CCCN1CCC(Cc2ccccc2)CC1)Cc1ccccc1. The van der Waals surface area contributed by atoms with Gasteiger partial charge in [-0.3, -0.25) is 0 Å². The van der Waals surface area contributed by atoms with Crippen molar-refractivity contribution in [2.24, 2.45) is 5.92 Å². The molecule has 5 heteroatoms. The van der Waals surface area contributed by atoms with Crippen LogP contribution in [0.15, 0.2) is 84.9 Å². The molecule has 0 spiro atoms. The standard InChI is InChI=1S/C29H34ClN3O/c30-27-14-7-8-15-28(27)31-29(34)33(23-26-12-5-2-6-13-26)19-9-18-32-20-16-25(17-21-32)22-24-10-3-1-4-11-24/h1-8,10-15,25H,9,16-23H2,(H,31,34). The molecule has 0 atom stereocenters. The molecule has 0 aliphatic carbocycles. The first kappa shape index (κ1) is 24.3. The van der Waals surface area contributed by atoms with Crippen LogP contribution >= 0.6 is 11.6 Å². The third kappa shape index (κ3) is 7.34. The summed E-state index contributed by atoms with van der Waals surface area (Å²) in [6.07, 6.45) is 4.62. The van der Waals surface area contributed by atoms with Crippen LogP contribution in [0.3, 0.4) is 0 Å². The fourth-order valence-electron chi connectivity index (χ4n) is 4.66. The summed E-state index contributed by atoms with van der Waals surface area (Å²) < 4.78 is 0. The van der Waals surface area contributed by atoms with E-state index in [1.165, 1.54) is 24.8 Å². The molecule has 0 radical (unpaired) electrons. The maximum absolute atomic E-state index is 13.1. The first-order valence-electron chi connectivity index (χ1n) is 12.3. The highest BCUT2D eigenvalue weighted by Crippen LogP contribution is 2.23. The molecule has 1 heterocycles. The van der Waals surface area contributed by atoms with Crippen LogP contribution in [0.25, 0.3) is 0 Å². The summed E-state index contributed by atoms with van der Waals surface area (Å²) in [4.78, 5) is 17.5. The number of rotatable bonds is 9. The van der Waals surface area contributed by atoms with Crippen molar-refractivity contribution in [1.29, 1.82) is 0 Å². The Kier molecular flexibility index (Phi) is 9.00. The number of hydrogen-bond acceptors (Lipinski definition) is 2. The highest BCUT2D eigenvalue weighted by Gasteiger charge is 2.20. The Hall–Kier alpha value is -2.82. The zero-order valence-corrected chi connectivity index (χ0v) is 20.5. The van der Waals surface area contributed by atoms with Crippen molar-refractivity contribution in [2.45, 2.75) is 32.2 Å². The monoisotopic (exact) mass is 475 g/mol. The van der Waals surface area contributed by atoms with Gasteiger partial charge in [0.1, 0.15) is 0 Å². The molecule has 0 aromatic heterocycles. The van der Waals surface area contributed by atoms with Crippen LogP contribution in [-0.2, 0) is 13.0 Å². The number of nitrogens with one attached hydrogen (secondary N) is 1. The lowest BCUT2D eigenvalue weighted by molar-refractivity contribution is 0.170. The number of urea groups is 1. The first-order valence-corrected chi connectivity index (χ1v) is 12.7. The van der Waals surface area contributed by atoms with E-state index in [4.69, 9.17) is 11.6 Å². The molecule has 3 aromatic rings. The van der Waals surface area contributed by atoms with Crippen molar-refractivity contribution < 1.29 is 4.79 Å². The predicted octanol–water partition coefficient (Wildman–Crippen LogP) is 6.72. The molecule has 1 N–H and O–H groups in total. The number of amides is 2. The Morgan fingerprint density at radius 2 is 1.50 bits per heavy atom. The zero-order valence-electron chi connectivity index (χ0n) is 19.7. The smallest absolute Gasteiger partial charge is 0.320 e. The van der Waals surface area contributed by atoms with E-state index in [0.29, 0.717) is 23.8 Å². The number of benzene rings is 3. The molecule has 1 aliphatic heterocycles. The zero-order chi connectivity index (χ0) is 23.6. The second kappa shape index (κ2) is 12.6. The number of anilines is 1. The molecule has 2 amide bonds. The predicted molar refractivity (Wildman–Crippen MR) is 141 cm³/mol. The molecule has 34 heavy (non-hydrogen) atoms. The molecule has 4 rings (SSSR count). The summed E-state index contributed by atoms with van der Waals surface area (Å²) in [5.74, 6) is 0.773. The maximum atomic E-state index is 13.1. The van der Waals surface area contributed by atoms with Crippen LogP contribution in [0.5, 0.6) is 0 Å². The molecule has 3 aromatic carbocycles. The minimum Gasteiger partial charge on any atom is -0.320 e. The van der Waals surface area contributed by atoms with Crippen LogP contribution < -0.4 is 5.32 Å². The van der Waals surface area contributed by atoms with E-state index < -0.39 is 0 Å². The Balaban J connectivity index is 1.27. The number of carbonyl (C=O) groups excluding carboxylic acids is 1. The van der Waals surface area contributed by atoms with Gasteiger partial charge in [0.15, 0.2) is 0 Å². The molecular formula is C29H34ClN3O. The van der Waals surface area contributed by atoms with Gasteiger partial charge < -0.3 is 15.1 Å². The Bertz CT molecular complexity index is 1020. The van der Waals surface area contributed by atoms with Crippen LogP contribution in [0.4, 0.5) is 10.5 Å². The van der Waals surface area contributed by atoms with Crippen molar-refractivity contribution in [3.63, 3.8) is 0 Å². The lowest BCUT2D eigenvalue weighted by Gasteiger charge is -2.32. The number of nitrogens with zero attached hydrogens (tertiary/aromatic N) is 2. The second-order valence-electron chi connectivity index (χ2n) is 9.15. The van der Waals surface area contributed by atoms with Crippen molar-refractivity contribution in [3.8, 4) is 0 Å². The first-order chi connectivity index (χ1) is 16.7. The topological polar surface area (TPSA) is 35.6 Å². The molecule has 0 bridgehead atoms. The molecule has 0 saturated carbocycles. The Labute approximate surface area is 208 Å². The normalized spacial score (nSPS) is 14.6. The number of halogens is 1. The molecule has 1 aliphatic rings. The number of hydrogen-bond donors (Lipinski definition) is 1. The highest BCUT2D eigenvalue weighted by molar-refractivity contribution is 6.33. The summed E-state index contributed by atoms with van der Waals surface area (Å²) >= 11 is 6.26. The summed E-state index contributed by atoms with van der Waals surface area (Å²) in [6.45, 7) is 4.58. The van der Waals surface area contributed by atoms with Gasteiger partial charge in [-0.25, -0.2) is 4.79 Å². The highest BCUT2D eigenvalue weighted by atomic mass is 35.5. The fourth-order valence-corrected chi connectivity index (χ4v) is 4.84. The molecule has 1 fully saturated rings. The second-order valence-corrected chi connectivity index (χ2v) is 9.55. The molecular weight excluding hydrogens is 442 g/mol. The van der Waals surface area contributed by atoms with Crippen LogP contribution in [-0.4, -0.2) is 42.0 Å². The fraction of sp³-hybridized carbons (Fsp3) is 0.345. The van der Waals surface area contributed by atoms with Gasteiger partial charge in [-0.15, -0.1) is 0 Å². The van der Waals surface area contributed by atoms with Gasteiger partial charge in [0.25, 0.3) is 0 Å². The van der Waals surface area contributed by atoms with Gasteiger partial charge in [-0.1, -0.05) is 84.4 Å². The van der Waals surface area contributed by atoms with E-state index in [0.717, 1.165) is 37.5 Å². The van der Waals surface area contributed by atoms with Gasteiger partial charge in [-0.05, 0) is 74.5 Å². The van der Waals surface area contributed by atoms with E-state index in [9.17, 15) is 4.79 Å². The Morgan fingerprint density at radius 3 is 2.18 bits per heavy atom. The molecule has 178 valence electrons. The summed E-state index contributed by atoms with van der Waals surface area (Å²) in [5.41, 5.74) is 3.22. The van der Waals surface area contributed by atoms with Gasteiger partial charge in [0.05, 0.1) is 10.7 Å². The molecule has 1 saturated heterocycles. The minimum absolute atomic E-state index is 0.112. The van der Waals surface area contributed by atoms with E-state index in [-0.39, 0.29) is 6.03 Å². The quantitative estimate of drug-likeness (QED) is 0.373.